The van der Waals surface area contributed by atoms with Crippen LogP contribution in [0.3, 0.4) is 0 Å². The lowest BCUT2D eigenvalue weighted by molar-refractivity contribution is 0.315. The van der Waals surface area contributed by atoms with Crippen molar-refractivity contribution in [2.24, 2.45) is 11.7 Å². The molecule has 0 aliphatic carbocycles. The van der Waals surface area contributed by atoms with Gasteiger partial charge in [-0.2, -0.15) is 0 Å². The van der Waals surface area contributed by atoms with Gasteiger partial charge in [0.15, 0.2) is 0 Å². The van der Waals surface area contributed by atoms with Gasteiger partial charge in [-0.05, 0) is 30.5 Å². The summed E-state index contributed by atoms with van der Waals surface area (Å²) in [5, 5.41) is 1.16. The summed E-state index contributed by atoms with van der Waals surface area (Å²) >= 11 is 0. The number of rotatable bonds is 3. The first-order valence-electron chi connectivity index (χ1n) is 6.20. The van der Waals surface area contributed by atoms with Crippen molar-refractivity contribution >= 4 is 10.9 Å². The van der Waals surface area contributed by atoms with Crippen LogP contribution in [0.15, 0.2) is 36.5 Å². The minimum Gasteiger partial charge on any atom is -0.321 e. The molecule has 0 fully saturated rings. The molecule has 2 heteroatoms. The number of benzene rings is 1. The third-order valence-electron chi connectivity index (χ3n) is 3.85. The number of pyridine rings is 1. The first-order chi connectivity index (χ1) is 8.05. The molecular formula is C15H20N2. The van der Waals surface area contributed by atoms with E-state index >= 15 is 0 Å². The maximum Gasteiger partial charge on any atom is 0.0702 e. The molecule has 0 saturated carbocycles. The van der Waals surface area contributed by atoms with Gasteiger partial charge in [0.25, 0.3) is 0 Å². The number of aromatic nitrogens is 1. The molecule has 17 heavy (non-hydrogen) atoms. The minimum absolute atomic E-state index is 0.314. The number of hydrogen-bond acceptors (Lipinski definition) is 2. The molecule has 0 amide bonds. The Labute approximate surface area is 103 Å². The van der Waals surface area contributed by atoms with E-state index in [1.165, 1.54) is 0 Å². The average molecular weight is 228 g/mol. The molecule has 0 aliphatic rings. The van der Waals surface area contributed by atoms with Crippen LogP contribution in [0.25, 0.3) is 10.9 Å². The summed E-state index contributed by atoms with van der Waals surface area (Å²) in [5.74, 6) is 0.436. The molecule has 0 bridgehead atoms. The van der Waals surface area contributed by atoms with Crippen molar-refractivity contribution in [1.29, 1.82) is 0 Å². The summed E-state index contributed by atoms with van der Waals surface area (Å²) in [6, 6.07) is 10.3. The normalized spacial score (nSPS) is 16.7. The SMILES string of the molecule is CCC(C)C(C)(N)c1cnc2ccccc2c1. The van der Waals surface area contributed by atoms with Crippen molar-refractivity contribution in [2.75, 3.05) is 0 Å². The van der Waals surface area contributed by atoms with Crippen LogP contribution in [-0.4, -0.2) is 4.98 Å². The van der Waals surface area contributed by atoms with Crippen molar-refractivity contribution in [1.82, 2.24) is 4.98 Å². The molecule has 0 radical (unpaired) electrons. The standard InChI is InChI=1S/C15H20N2/c1-4-11(2)15(3,16)13-9-12-7-5-6-8-14(12)17-10-13/h5-11H,4,16H2,1-3H3. The van der Waals surface area contributed by atoms with Crippen molar-refractivity contribution < 1.29 is 0 Å². The highest BCUT2D eigenvalue weighted by Crippen LogP contribution is 2.29. The molecule has 2 unspecified atom stereocenters. The highest BCUT2D eigenvalue weighted by Gasteiger charge is 2.27. The summed E-state index contributed by atoms with van der Waals surface area (Å²) in [5.41, 5.74) is 8.27. The van der Waals surface area contributed by atoms with Gasteiger partial charge in [-0.25, -0.2) is 0 Å². The number of para-hydroxylation sites is 1. The number of nitrogens with two attached hydrogens (primary N) is 1. The molecule has 2 nitrogen and oxygen atoms in total. The third-order valence-corrected chi connectivity index (χ3v) is 3.85. The van der Waals surface area contributed by atoms with E-state index < -0.39 is 0 Å². The van der Waals surface area contributed by atoms with Crippen LogP contribution < -0.4 is 5.73 Å². The van der Waals surface area contributed by atoms with Crippen LogP contribution >= 0.6 is 0 Å². The monoisotopic (exact) mass is 228 g/mol. The zero-order valence-electron chi connectivity index (χ0n) is 10.8. The number of fused-ring (bicyclic) bond motifs is 1. The van der Waals surface area contributed by atoms with Gasteiger partial charge in [-0.15, -0.1) is 0 Å². The molecule has 0 aliphatic heterocycles. The Hall–Kier alpha value is -1.41. The predicted octanol–water partition coefficient (Wildman–Crippen LogP) is 3.45. The predicted molar refractivity (Wildman–Crippen MR) is 72.7 cm³/mol. The van der Waals surface area contributed by atoms with E-state index in [1.807, 2.05) is 24.4 Å². The minimum atomic E-state index is -0.314. The van der Waals surface area contributed by atoms with Crippen LogP contribution in [0.1, 0.15) is 32.8 Å². The third kappa shape index (κ3) is 2.18. The Bertz CT molecular complexity index is 517. The fraction of sp³-hybridized carbons (Fsp3) is 0.400. The van der Waals surface area contributed by atoms with Gasteiger partial charge in [0.05, 0.1) is 5.52 Å². The van der Waals surface area contributed by atoms with E-state index in [4.69, 9.17) is 5.73 Å². The second-order valence-corrected chi connectivity index (χ2v) is 5.01. The molecule has 2 rings (SSSR count). The molecule has 0 saturated heterocycles. The highest BCUT2D eigenvalue weighted by atomic mass is 14.8. The van der Waals surface area contributed by atoms with E-state index in [0.717, 1.165) is 22.9 Å². The summed E-state index contributed by atoms with van der Waals surface area (Å²) < 4.78 is 0. The summed E-state index contributed by atoms with van der Waals surface area (Å²) in [6.45, 7) is 6.45. The summed E-state index contributed by atoms with van der Waals surface area (Å²) in [7, 11) is 0. The Morgan fingerprint density at radius 2 is 2.06 bits per heavy atom. The summed E-state index contributed by atoms with van der Waals surface area (Å²) in [4.78, 5) is 4.48. The van der Waals surface area contributed by atoms with Gasteiger partial charge in [-0.1, -0.05) is 38.5 Å². The largest absolute Gasteiger partial charge is 0.321 e. The maximum absolute atomic E-state index is 6.44. The highest BCUT2D eigenvalue weighted by molar-refractivity contribution is 5.78. The van der Waals surface area contributed by atoms with Crippen LogP contribution in [-0.2, 0) is 5.54 Å². The Kier molecular flexibility index (Phi) is 3.16. The molecule has 1 heterocycles. The zero-order valence-corrected chi connectivity index (χ0v) is 10.8. The fourth-order valence-electron chi connectivity index (χ4n) is 2.07. The smallest absolute Gasteiger partial charge is 0.0702 e. The lowest BCUT2D eigenvalue weighted by Crippen LogP contribution is -2.39. The van der Waals surface area contributed by atoms with Crippen molar-refractivity contribution in [2.45, 2.75) is 32.7 Å². The molecule has 1 aromatic carbocycles. The molecule has 2 aromatic rings. The second-order valence-electron chi connectivity index (χ2n) is 5.01. The second kappa shape index (κ2) is 4.46. The van der Waals surface area contributed by atoms with Crippen LogP contribution in [0.4, 0.5) is 0 Å². The first-order valence-corrected chi connectivity index (χ1v) is 6.20. The Morgan fingerprint density at radius 3 is 2.76 bits per heavy atom. The van der Waals surface area contributed by atoms with Crippen LogP contribution in [0.5, 0.6) is 0 Å². The van der Waals surface area contributed by atoms with Gasteiger partial charge < -0.3 is 5.73 Å². The Morgan fingerprint density at radius 1 is 1.35 bits per heavy atom. The number of nitrogens with zero attached hydrogens (tertiary/aromatic N) is 1. The van der Waals surface area contributed by atoms with Crippen molar-refractivity contribution in [3.8, 4) is 0 Å². The quantitative estimate of drug-likeness (QED) is 0.873. The lowest BCUT2D eigenvalue weighted by Gasteiger charge is -2.31. The van der Waals surface area contributed by atoms with Crippen LogP contribution in [0, 0.1) is 5.92 Å². The van der Waals surface area contributed by atoms with E-state index in [2.05, 4.69) is 37.9 Å². The number of hydrogen-bond donors (Lipinski definition) is 1. The van der Waals surface area contributed by atoms with Crippen molar-refractivity contribution in [3.05, 3.63) is 42.1 Å². The first kappa shape index (κ1) is 12.1. The Balaban J connectivity index is 2.49. The molecule has 2 N–H and O–H groups in total. The summed E-state index contributed by atoms with van der Waals surface area (Å²) in [6.07, 6.45) is 2.98. The van der Waals surface area contributed by atoms with Crippen molar-refractivity contribution in [3.63, 3.8) is 0 Å². The topological polar surface area (TPSA) is 38.9 Å². The van der Waals surface area contributed by atoms with Gasteiger partial charge in [-0.3, -0.25) is 4.98 Å². The maximum atomic E-state index is 6.44. The van der Waals surface area contributed by atoms with E-state index in [0.29, 0.717) is 5.92 Å². The van der Waals surface area contributed by atoms with Gasteiger partial charge in [0.1, 0.15) is 0 Å². The lowest BCUT2D eigenvalue weighted by atomic mass is 9.80. The molecule has 90 valence electrons. The van der Waals surface area contributed by atoms with Gasteiger partial charge in [0.2, 0.25) is 0 Å². The average Bonchev–Trinajstić information content (AvgIpc) is 2.37. The van der Waals surface area contributed by atoms with Crippen LogP contribution in [0.2, 0.25) is 0 Å². The van der Waals surface area contributed by atoms with Gasteiger partial charge in [0, 0.05) is 17.1 Å². The zero-order chi connectivity index (χ0) is 12.5. The molecule has 0 spiro atoms. The van der Waals surface area contributed by atoms with Gasteiger partial charge >= 0.3 is 0 Å². The van der Waals surface area contributed by atoms with E-state index in [9.17, 15) is 0 Å². The molecule has 1 aromatic heterocycles. The molecular weight excluding hydrogens is 208 g/mol. The molecule has 2 atom stereocenters. The fourth-order valence-corrected chi connectivity index (χ4v) is 2.07. The van der Waals surface area contributed by atoms with E-state index in [1.54, 1.807) is 0 Å². The van der Waals surface area contributed by atoms with E-state index in [-0.39, 0.29) is 5.54 Å².